The van der Waals surface area contributed by atoms with Gasteiger partial charge >= 0.3 is 0 Å². The number of rotatable bonds is 10. The third kappa shape index (κ3) is 6.68. The van der Waals surface area contributed by atoms with E-state index in [-0.39, 0.29) is 6.61 Å². The maximum absolute atomic E-state index is 8.84. The van der Waals surface area contributed by atoms with Crippen LogP contribution in [-0.2, 0) is 6.54 Å². The Bertz CT molecular complexity index is 424. The molecular formula is C16H26BrNO3. The van der Waals surface area contributed by atoms with E-state index in [1.54, 1.807) is 0 Å². The van der Waals surface area contributed by atoms with Crippen molar-refractivity contribution in [2.24, 2.45) is 5.92 Å². The summed E-state index contributed by atoms with van der Waals surface area (Å²) >= 11 is 3.55. The number of hydrogen-bond donors (Lipinski definition) is 2. The molecule has 2 N–H and O–H groups in total. The van der Waals surface area contributed by atoms with Crippen LogP contribution in [0.2, 0.25) is 0 Å². The molecule has 4 nitrogen and oxygen atoms in total. The highest BCUT2D eigenvalue weighted by atomic mass is 79.9. The second kappa shape index (κ2) is 10.0. The fraction of sp³-hybridized carbons (Fsp3) is 0.625. The summed E-state index contributed by atoms with van der Waals surface area (Å²) in [5.74, 6) is 2.07. The number of aliphatic hydroxyl groups is 1. The summed E-state index contributed by atoms with van der Waals surface area (Å²) in [5.41, 5.74) is 1.15. The summed E-state index contributed by atoms with van der Waals surface area (Å²) in [5, 5.41) is 12.3. The van der Waals surface area contributed by atoms with Gasteiger partial charge in [-0.2, -0.15) is 0 Å². The maximum Gasteiger partial charge on any atom is 0.175 e. The Morgan fingerprint density at radius 2 is 2.05 bits per heavy atom. The lowest BCUT2D eigenvalue weighted by Gasteiger charge is -2.16. The first-order valence-corrected chi connectivity index (χ1v) is 8.27. The highest BCUT2D eigenvalue weighted by Gasteiger charge is 2.12. The third-order valence-electron chi connectivity index (χ3n) is 2.80. The Balaban J connectivity index is 2.79. The van der Waals surface area contributed by atoms with Gasteiger partial charge in [0.25, 0.3) is 0 Å². The Labute approximate surface area is 136 Å². The van der Waals surface area contributed by atoms with Crippen molar-refractivity contribution in [1.29, 1.82) is 0 Å². The molecule has 0 spiro atoms. The fourth-order valence-electron chi connectivity index (χ4n) is 1.87. The normalized spacial score (nSPS) is 11.0. The highest BCUT2D eigenvalue weighted by molar-refractivity contribution is 9.10. The van der Waals surface area contributed by atoms with Crippen LogP contribution >= 0.6 is 15.9 Å². The molecule has 0 saturated heterocycles. The van der Waals surface area contributed by atoms with Crippen LogP contribution in [0.3, 0.4) is 0 Å². The van der Waals surface area contributed by atoms with Crippen molar-refractivity contribution >= 4 is 15.9 Å². The van der Waals surface area contributed by atoms with Crippen molar-refractivity contribution < 1.29 is 14.6 Å². The minimum absolute atomic E-state index is 0.124. The molecule has 1 aromatic rings. The van der Waals surface area contributed by atoms with Crippen LogP contribution in [0.5, 0.6) is 11.5 Å². The minimum Gasteiger partial charge on any atom is -0.490 e. The van der Waals surface area contributed by atoms with Crippen LogP contribution in [0.4, 0.5) is 0 Å². The number of hydrogen-bond acceptors (Lipinski definition) is 4. The molecule has 21 heavy (non-hydrogen) atoms. The second-order valence-electron chi connectivity index (χ2n) is 5.29. The summed E-state index contributed by atoms with van der Waals surface area (Å²) in [7, 11) is 0. The van der Waals surface area contributed by atoms with Gasteiger partial charge in [0.15, 0.2) is 11.5 Å². The van der Waals surface area contributed by atoms with Gasteiger partial charge in [-0.15, -0.1) is 0 Å². The van der Waals surface area contributed by atoms with Crippen LogP contribution in [0.25, 0.3) is 0 Å². The van der Waals surface area contributed by atoms with Gasteiger partial charge in [0, 0.05) is 19.6 Å². The van der Waals surface area contributed by atoms with E-state index in [1.807, 2.05) is 19.1 Å². The summed E-state index contributed by atoms with van der Waals surface area (Å²) in [6.07, 6.45) is 0.607. The molecule has 0 bridgehead atoms. The highest BCUT2D eigenvalue weighted by Crippen LogP contribution is 2.37. The first-order chi connectivity index (χ1) is 10.1. The van der Waals surface area contributed by atoms with Gasteiger partial charge in [-0.25, -0.2) is 0 Å². The summed E-state index contributed by atoms with van der Waals surface area (Å²) < 4.78 is 12.3. The molecule has 120 valence electrons. The van der Waals surface area contributed by atoms with E-state index >= 15 is 0 Å². The van der Waals surface area contributed by atoms with Crippen molar-refractivity contribution in [1.82, 2.24) is 5.32 Å². The standard InChI is InChI=1S/C16H26BrNO3/c1-4-20-15-9-13(11-18-10-12(2)3)8-14(17)16(15)21-7-5-6-19/h8-9,12,18-19H,4-7,10-11H2,1-3H3. The predicted octanol–water partition coefficient (Wildman–Crippen LogP) is 3.35. The quantitative estimate of drug-likeness (QED) is 0.629. The van der Waals surface area contributed by atoms with Gasteiger partial charge in [0.2, 0.25) is 0 Å². The molecule has 0 amide bonds. The van der Waals surface area contributed by atoms with E-state index in [1.165, 1.54) is 0 Å². The second-order valence-corrected chi connectivity index (χ2v) is 6.14. The third-order valence-corrected chi connectivity index (χ3v) is 3.39. The molecule has 1 aromatic carbocycles. The lowest BCUT2D eigenvalue weighted by Crippen LogP contribution is -2.19. The molecule has 0 aliphatic rings. The average molecular weight is 360 g/mol. The molecular weight excluding hydrogens is 334 g/mol. The van der Waals surface area contributed by atoms with Gasteiger partial charge < -0.3 is 19.9 Å². The van der Waals surface area contributed by atoms with E-state index in [0.717, 1.165) is 28.9 Å². The van der Waals surface area contributed by atoms with Gasteiger partial charge in [-0.3, -0.25) is 0 Å². The van der Waals surface area contributed by atoms with Crippen molar-refractivity contribution in [3.63, 3.8) is 0 Å². The zero-order valence-electron chi connectivity index (χ0n) is 13.1. The van der Waals surface area contributed by atoms with Crippen LogP contribution in [0, 0.1) is 5.92 Å². The number of halogens is 1. The van der Waals surface area contributed by atoms with E-state index in [9.17, 15) is 0 Å². The summed E-state index contributed by atoms with van der Waals surface area (Å²) in [6, 6.07) is 4.06. The van der Waals surface area contributed by atoms with E-state index in [4.69, 9.17) is 14.6 Å². The molecule has 0 atom stereocenters. The SMILES string of the molecule is CCOc1cc(CNCC(C)C)cc(Br)c1OCCCO. The largest absolute Gasteiger partial charge is 0.490 e. The van der Waals surface area contributed by atoms with Gasteiger partial charge in [0.05, 0.1) is 17.7 Å². The molecule has 1 rings (SSSR count). The van der Waals surface area contributed by atoms with Crippen molar-refractivity contribution in [2.75, 3.05) is 26.4 Å². The zero-order valence-corrected chi connectivity index (χ0v) is 14.7. The molecule has 5 heteroatoms. The lowest BCUT2D eigenvalue weighted by molar-refractivity contribution is 0.224. The van der Waals surface area contributed by atoms with Gasteiger partial charge in [0.1, 0.15) is 0 Å². The average Bonchev–Trinajstić information content (AvgIpc) is 2.42. The Morgan fingerprint density at radius 1 is 1.29 bits per heavy atom. The summed E-state index contributed by atoms with van der Waals surface area (Å²) in [6.45, 7) is 9.29. The first-order valence-electron chi connectivity index (χ1n) is 7.48. The monoisotopic (exact) mass is 359 g/mol. The van der Waals surface area contributed by atoms with Crippen molar-refractivity contribution in [3.05, 3.63) is 22.2 Å². The predicted molar refractivity (Wildman–Crippen MR) is 89.1 cm³/mol. The number of benzene rings is 1. The first kappa shape index (κ1) is 18.3. The van der Waals surface area contributed by atoms with Crippen molar-refractivity contribution in [3.8, 4) is 11.5 Å². The molecule has 0 aliphatic heterocycles. The molecule has 0 fully saturated rings. The van der Waals surface area contributed by atoms with Crippen LogP contribution in [0.15, 0.2) is 16.6 Å². The smallest absolute Gasteiger partial charge is 0.175 e. The number of ether oxygens (including phenoxy) is 2. The van der Waals surface area contributed by atoms with E-state index in [0.29, 0.717) is 31.3 Å². The van der Waals surface area contributed by atoms with E-state index in [2.05, 4.69) is 35.1 Å². The molecule has 0 saturated carbocycles. The molecule has 0 radical (unpaired) electrons. The number of aliphatic hydroxyl groups excluding tert-OH is 1. The van der Waals surface area contributed by atoms with Gasteiger partial charge in [-0.1, -0.05) is 13.8 Å². The lowest BCUT2D eigenvalue weighted by atomic mass is 10.1. The Kier molecular flexibility index (Phi) is 8.73. The van der Waals surface area contributed by atoms with Crippen molar-refractivity contribution in [2.45, 2.75) is 33.7 Å². The Morgan fingerprint density at radius 3 is 2.67 bits per heavy atom. The molecule has 0 unspecified atom stereocenters. The van der Waals surface area contributed by atoms with Crippen LogP contribution in [-0.4, -0.2) is 31.5 Å². The fourth-order valence-corrected chi connectivity index (χ4v) is 2.47. The van der Waals surface area contributed by atoms with Gasteiger partial charge in [-0.05, 0) is 53.0 Å². The molecule has 0 aromatic heterocycles. The van der Waals surface area contributed by atoms with Crippen LogP contribution in [0.1, 0.15) is 32.8 Å². The molecule has 0 heterocycles. The summed E-state index contributed by atoms with van der Waals surface area (Å²) in [4.78, 5) is 0. The van der Waals surface area contributed by atoms with Crippen LogP contribution < -0.4 is 14.8 Å². The maximum atomic E-state index is 8.84. The Hall–Kier alpha value is -0.780. The number of nitrogens with one attached hydrogen (secondary N) is 1. The molecule has 0 aliphatic carbocycles. The zero-order chi connectivity index (χ0) is 15.7. The van der Waals surface area contributed by atoms with E-state index < -0.39 is 0 Å². The minimum atomic E-state index is 0.124. The topological polar surface area (TPSA) is 50.7 Å².